The standard InChI is InChI=1S/C12H16F3N3/c1-2-9-4-3-5-18(9)11-7-8(12(13,14)15)6-10(16)17-11/h6-7,9H,2-5H2,1H3,(H2,16,17). The van der Waals surface area contributed by atoms with E-state index in [1.807, 2.05) is 11.8 Å². The average molecular weight is 259 g/mol. The second-order valence-electron chi connectivity index (χ2n) is 4.53. The largest absolute Gasteiger partial charge is 0.416 e. The van der Waals surface area contributed by atoms with Gasteiger partial charge < -0.3 is 10.6 Å². The Morgan fingerprint density at radius 2 is 2.17 bits per heavy atom. The van der Waals surface area contributed by atoms with Crippen molar-refractivity contribution in [3.8, 4) is 0 Å². The lowest BCUT2D eigenvalue weighted by molar-refractivity contribution is -0.137. The van der Waals surface area contributed by atoms with Crippen LogP contribution in [0.1, 0.15) is 31.7 Å². The van der Waals surface area contributed by atoms with E-state index in [2.05, 4.69) is 4.98 Å². The van der Waals surface area contributed by atoms with Crippen molar-refractivity contribution in [2.45, 2.75) is 38.4 Å². The third-order valence-electron chi connectivity index (χ3n) is 3.30. The number of alkyl halides is 3. The number of aromatic nitrogens is 1. The summed E-state index contributed by atoms with van der Waals surface area (Å²) in [5.41, 5.74) is 4.74. The molecule has 2 N–H and O–H groups in total. The highest BCUT2D eigenvalue weighted by Crippen LogP contribution is 2.34. The van der Waals surface area contributed by atoms with Gasteiger partial charge in [0, 0.05) is 12.6 Å². The fraction of sp³-hybridized carbons (Fsp3) is 0.583. The molecule has 1 aromatic heterocycles. The second-order valence-corrected chi connectivity index (χ2v) is 4.53. The van der Waals surface area contributed by atoms with Crippen LogP contribution in [-0.2, 0) is 6.18 Å². The number of nitrogens with zero attached hydrogens (tertiary/aromatic N) is 2. The van der Waals surface area contributed by atoms with E-state index in [1.54, 1.807) is 0 Å². The Morgan fingerprint density at radius 1 is 1.44 bits per heavy atom. The van der Waals surface area contributed by atoms with Crippen molar-refractivity contribution in [1.82, 2.24) is 4.98 Å². The van der Waals surface area contributed by atoms with Crippen LogP contribution in [0.2, 0.25) is 0 Å². The van der Waals surface area contributed by atoms with E-state index in [1.165, 1.54) is 0 Å². The molecule has 2 heterocycles. The van der Waals surface area contributed by atoms with Crippen molar-refractivity contribution in [1.29, 1.82) is 0 Å². The molecule has 6 heteroatoms. The number of anilines is 2. The fourth-order valence-corrected chi connectivity index (χ4v) is 2.41. The van der Waals surface area contributed by atoms with E-state index in [-0.39, 0.29) is 11.9 Å². The summed E-state index contributed by atoms with van der Waals surface area (Å²) in [5, 5.41) is 0. The minimum atomic E-state index is -4.38. The lowest BCUT2D eigenvalue weighted by atomic mass is 10.1. The number of pyridine rings is 1. The molecule has 2 rings (SSSR count). The molecule has 1 saturated heterocycles. The Labute approximate surface area is 104 Å². The molecule has 0 spiro atoms. The van der Waals surface area contributed by atoms with E-state index < -0.39 is 11.7 Å². The predicted molar refractivity (Wildman–Crippen MR) is 64.3 cm³/mol. The Hall–Kier alpha value is -1.46. The maximum Gasteiger partial charge on any atom is 0.416 e. The van der Waals surface area contributed by atoms with Crippen molar-refractivity contribution in [2.24, 2.45) is 0 Å². The minimum Gasteiger partial charge on any atom is -0.384 e. The van der Waals surface area contributed by atoms with Gasteiger partial charge in [-0.1, -0.05) is 6.92 Å². The predicted octanol–water partition coefficient (Wildman–Crippen LogP) is 3.06. The third-order valence-corrected chi connectivity index (χ3v) is 3.30. The van der Waals surface area contributed by atoms with E-state index in [0.29, 0.717) is 5.82 Å². The molecule has 0 saturated carbocycles. The molecule has 0 aromatic carbocycles. The Morgan fingerprint density at radius 3 is 2.78 bits per heavy atom. The highest BCUT2D eigenvalue weighted by molar-refractivity contribution is 5.50. The first-order chi connectivity index (χ1) is 8.41. The quantitative estimate of drug-likeness (QED) is 0.887. The summed E-state index contributed by atoms with van der Waals surface area (Å²) < 4.78 is 38.1. The summed E-state index contributed by atoms with van der Waals surface area (Å²) >= 11 is 0. The summed E-state index contributed by atoms with van der Waals surface area (Å²) in [6.45, 7) is 2.77. The van der Waals surface area contributed by atoms with Crippen LogP contribution >= 0.6 is 0 Å². The average Bonchev–Trinajstić information content (AvgIpc) is 2.74. The Bertz CT molecular complexity index is 431. The van der Waals surface area contributed by atoms with E-state index in [4.69, 9.17) is 5.73 Å². The topological polar surface area (TPSA) is 42.1 Å². The number of nitrogen functional groups attached to an aromatic ring is 1. The van der Waals surface area contributed by atoms with Gasteiger partial charge in [0.1, 0.15) is 11.6 Å². The molecule has 0 amide bonds. The zero-order valence-corrected chi connectivity index (χ0v) is 10.2. The van der Waals surface area contributed by atoms with Crippen molar-refractivity contribution < 1.29 is 13.2 Å². The van der Waals surface area contributed by atoms with E-state index >= 15 is 0 Å². The number of halogens is 3. The zero-order chi connectivity index (χ0) is 13.3. The molecule has 1 fully saturated rings. The van der Waals surface area contributed by atoms with Crippen LogP contribution < -0.4 is 10.6 Å². The number of hydrogen-bond donors (Lipinski definition) is 1. The highest BCUT2D eigenvalue weighted by Gasteiger charge is 2.33. The van der Waals surface area contributed by atoms with Gasteiger partial charge in [-0.15, -0.1) is 0 Å². The van der Waals surface area contributed by atoms with Gasteiger partial charge in [-0.2, -0.15) is 13.2 Å². The van der Waals surface area contributed by atoms with Crippen LogP contribution in [0.15, 0.2) is 12.1 Å². The number of nitrogens with two attached hydrogens (primary N) is 1. The summed E-state index contributed by atoms with van der Waals surface area (Å²) in [4.78, 5) is 5.95. The van der Waals surface area contributed by atoms with Crippen LogP contribution in [0.3, 0.4) is 0 Å². The summed E-state index contributed by atoms with van der Waals surface area (Å²) in [5.74, 6) is 0.258. The SMILES string of the molecule is CCC1CCCN1c1cc(C(F)(F)F)cc(N)n1. The van der Waals surface area contributed by atoms with Crippen LogP contribution in [0, 0.1) is 0 Å². The van der Waals surface area contributed by atoms with Crippen molar-refractivity contribution in [2.75, 3.05) is 17.2 Å². The number of hydrogen-bond acceptors (Lipinski definition) is 3. The maximum absolute atomic E-state index is 12.7. The monoisotopic (exact) mass is 259 g/mol. The van der Waals surface area contributed by atoms with Gasteiger partial charge in [0.15, 0.2) is 0 Å². The van der Waals surface area contributed by atoms with Crippen molar-refractivity contribution in [3.63, 3.8) is 0 Å². The lowest BCUT2D eigenvalue weighted by Crippen LogP contribution is -2.29. The van der Waals surface area contributed by atoms with Gasteiger partial charge in [-0.05, 0) is 31.4 Å². The third kappa shape index (κ3) is 2.52. The minimum absolute atomic E-state index is 0.0819. The molecule has 1 aliphatic heterocycles. The normalized spacial score (nSPS) is 20.4. The first-order valence-corrected chi connectivity index (χ1v) is 6.03. The second kappa shape index (κ2) is 4.66. The Kier molecular flexibility index (Phi) is 3.36. The molecule has 1 unspecified atom stereocenters. The first-order valence-electron chi connectivity index (χ1n) is 6.03. The molecular weight excluding hydrogens is 243 g/mol. The van der Waals surface area contributed by atoms with Gasteiger partial charge in [-0.25, -0.2) is 4.98 Å². The summed E-state index contributed by atoms with van der Waals surface area (Å²) in [6, 6.07) is 2.23. The Balaban J connectivity index is 2.36. The van der Waals surface area contributed by atoms with Crippen LogP contribution in [0.5, 0.6) is 0 Å². The molecule has 100 valence electrons. The van der Waals surface area contributed by atoms with Crippen molar-refractivity contribution >= 4 is 11.6 Å². The van der Waals surface area contributed by atoms with Gasteiger partial charge >= 0.3 is 6.18 Å². The summed E-state index contributed by atoms with van der Waals surface area (Å²) in [6.07, 6.45) is -1.50. The van der Waals surface area contributed by atoms with Crippen LogP contribution in [-0.4, -0.2) is 17.6 Å². The lowest BCUT2D eigenvalue weighted by Gasteiger charge is -2.25. The zero-order valence-electron chi connectivity index (χ0n) is 10.2. The maximum atomic E-state index is 12.7. The first kappa shape index (κ1) is 13.0. The molecule has 1 atom stereocenters. The summed E-state index contributed by atoms with van der Waals surface area (Å²) in [7, 11) is 0. The van der Waals surface area contributed by atoms with Crippen LogP contribution in [0.4, 0.5) is 24.8 Å². The number of rotatable bonds is 2. The molecule has 1 aliphatic rings. The van der Waals surface area contributed by atoms with E-state index in [0.717, 1.165) is 37.9 Å². The molecule has 0 bridgehead atoms. The van der Waals surface area contributed by atoms with E-state index in [9.17, 15) is 13.2 Å². The van der Waals surface area contributed by atoms with Gasteiger partial charge in [0.05, 0.1) is 5.56 Å². The van der Waals surface area contributed by atoms with Gasteiger partial charge in [-0.3, -0.25) is 0 Å². The molecule has 0 radical (unpaired) electrons. The highest BCUT2D eigenvalue weighted by atomic mass is 19.4. The van der Waals surface area contributed by atoms with Crippen molar-refractivity contribution in [3.05, 3.63) is 17.7 Å². The van der Waals surface area contributed by atoms with Gasteiger partial charge in [0.2, 0.25) is 0 Å². The molecule has 1 aromatic rings. The van der Waals surface area contributed by atoms with Gasteiger partial charge in [0.25, 0.3) is 0 Å². The molecule has 3 nitrogen and oxygen atoms in total. The smallest absolute Gasteiger partial charge is 0.384 e. The molecular formula is C12H16F3N3. The fourth-order valence-electron chi connectivity index (χ4n) is 2.41. The molecule has 18 heavy (non-hydrogen) atoms. The van der Waals surface area contributed by atoms with Crippen LogP contribution in [0.25, 0.3) is 0 Å². The molecule has 0 aliphatic carbocycles.